The molecular formula is C11H18N2O2. The van der Waals surface area contributed by atoms with Gasteiger partial charge in [-0.3, -0.25) is 4.98 Å². The van der Waals surface area contributed by atoms with Crippen molar-refractivity contribution in [2.24, 2.45) is 0 Å². The van der Waals surface area contributed by atoms with Crippen LogP contribution in [0.25, 0.3) is 0 Å². The lowest BCUT2D eigenvalue weighted by atomic mass is 10.1. The smallest absolute Gasteiger partial charge is 0.0840 e. The molecule has 1 aromatic rings. The van der Waals surface area contributed by atoms with E-state index in [1.54, 1.807) is 18.5 Å². The molecular weight excluding hydrogens is 192 g/mol. The molecule has 0 saturated heterocycles. The number of aliphatic hydroxyl groups excluding tert-OH is 1. The summed E-state index contributed by atoms with van der Waals surface area (Å²) in [6.07, 6.45) is 3.06. The number of ether oxygens (including phenoxy) is 1. The Morgan fingerprint density at radius 1 is 1.60 bits per heavy atom. The number of nitrogens with two attached hydrogens (primary N) is 1. The highest BCUT2D eigenvalue weighted by atomic mass is 16.5. The van der Waals surface area contributed by atoms with Gasteiger partial charge in [0.1, 0.15) is 0 Å². The molecule has 15 heavy (non-hydrogen) atoms. The lowest BCUT2D eigenvalue weighted by Crippen LogP contribution is -2.28. The standard InChI is InChI=1S/C11H18N2O2/c1-3-15-8(2)11(14)6-9-7-13-5-4-10(9)12/h4-5,7-8,11,14H,3,6H2,1-2H3,(H2,12,13). The third kappa shape index (κ3) is 3.49. The summed E-state index contributed by atoms with van der Waals surface area (Å²) < 4.78 is 5.30. The number of nitrogens with zero attached hydrogens (tertiary/aromatic N) is 1. The minimum Gasteiger partial charge on any atom is -0.398 e. The SMILES string of the molecule is CCOC(C)C(O)Cc1cnccc1N. The van der Waals surface area contributed by atoms with Crippen LogP contribution in [0.2, 0.25) is 0 Å². The van der Waals surface area contributed by atoms with Gasteiger partial charge in [-0.25, -0.2) is 0 Å². The first kappa shape index (κ1) is 11.9. The maximum Gasteiger partial charge on any atom is 0.0840 e. The van der Waals surface area contributed by atoms with Gasteiger partial charge in [0.15, 0.2) is 0 Å². The third-order valence-electron chi connectivity index (χ3n) is 2.34. The molecule has 2 atom stereocenters. The first-order valence-corrected chi connectivity index (χ1v) is 5.13. The predicted molar refractivity (Wildman–Crippen MR) is 59.4 cm³/mol. The van der Waals surface area contributed by atoms with Crippen LogP contribution in [0.5, 0.6) is 0 Å². The van der Waals surface area contributed by atoms with E-state index < -0.39 is 6.10 Å². The van der Waals surface area contributed by atoms with E-state index in [1.807, 2.05) is 13.8 Å². The molecule has 0 amide bonds. The van der Waals surface area contributed by atoms with Crippen LogP contribution in [0.15, 0.2) is 18.5 Å². The molecule has 0 spiro atoms. The molecule has 1 rings (SSSR count). The molecule has 0 bridgehead atoms. The van der Waals surface area contributed by atoms with Crippen molar-refractivity contribution in [1.82, 2.24) is 4.98 Å². The summed E-state index contributed by atoms with van der Waals surface area (Å²) in [7, 11) is 0. The van der Waals surface area contributed by atoms with Gasteiger partial charge in [-0.15, -0.1) is 0 Å². The van der Waals surface area contributed by atoms with Crippen LogP contribution in [0.3, 0.4) is 0 Å². The molecule has 1 aromatic heterocycles. The average molecular weight is 210 g/mol. The zero-order valence-corrected chi connectivity index (χ0v) is 9.18. The summed E-state index contributed by atoms with van der Waals surface area (Å²) >= 11 is 0. The lowest BCUT2D eigenvalue weighted by Gasteiger charge is -2.19. The fourth-order valence-corrected chi connectivity index (χ4v) is 1.37. The summed E-state index contributed by atoms with van der Waals surface area (Å²) in [4.78, 5) is 3.97. The van der Waals surface area contributed by atoms with Crippen molar-refractivity contribution in [2.45, 2.75) is 32.5 Å². The van der Waals surface area contributed by atoms with Crippen molar-refractivity contribution in [3.8, 4) is 0 Å². The number of hydrogen-bond donors (Lipinski definition) is 2. The molecule has 0 aliphatic rings. The van der Waals surface area contributed by atoms with E-state index in [2.05, 4.69) is 4.98 Å². The number of nitrogen functional groups attached to an aromatic ring is 1. The van der Waals surface area contributed by atoms with Crippen molar-refractivity contribution in [1.29, 1.82) is 0 Å². The number of aliphatic hydroxyl groups is 1. The largest absolute Gasteiger partial charge is 0.398 e. The molecule has 4 nitrogen and oxygen atoms in total. The van der Waals surface area contributed by atoms with Gasteiger partial charge in [-0.2, -0.15) is 0 Å². The van der Waals surface area contributed by atoms with Crippen molar-refractivity contribution < 1.29 is 9.84 Å². The Hall–Kier alpha value is -1.13. The third-order valence-corrected chi connectivity index (χ3v) is 2.34. The van der Waals surface area contributed by atoms with Gasteiger partial charge in [0, 0.05) is 31.1 Å². The minimum atomic E-state index is -0.545. The van der Waals surface area contributed by atoms with E-state index >= 15 is 0 Å². The lowest BCUT2D eigenvalue weighted by molar-refractivity contribution is -0.0207. The topological polar surface area (TPSA) is 68.4 Å². The van der Waals surface area contributed by atoms with Crippen LogP contribution in [-0.4, -0.2) is 28.9 Å². The van der Waals surface area contributed by atoms with Crippen LogP contribution in [0.4, 0.5) is 5.69 Å². The van der Waals surface area contributed by atoms with Crippen molar-refractivity contribution >= 4 is 5.69 Å². The van der Waals surface area contributed by atoms with Crippen LogP contribution in [0, 0.1) is 0 Å². The van der Waals surface area contributed by atoms with Crippen molar-refractivity contribution in [3.63, 3.8) is 0 Å². The fraction of sp³-hybridized carbons (Fsp3) is 0.545. The Balaban J connectivity index is 2.58. The van der Waals surface area contributed by atoms with E-state index in [0.717, 1.165) is 5.56 Å². The normalized spacial score (nSPS) is 14.9. The van der Waals surface area contributed by atoms with Crippen molar-refractivity contribution in [2.75, 3.05) is 12.3 Å². The quantitative estimate of drug-likeness (QED) is 0.760. The molecule has 0 aliphatic heterocycles. The highest BCUT2D eigenvalue weighted by molar-refractivity contribution is 5.44. The van der Waals surface area contributed by atoms with Crippen LogP contribution in [-0.2, 0) is 11.2 Å². The summed E-state index contributed by atoms with van der Waals surface area (Å²) in [5, 5.41) is 9.82. The number of aromatic nitrogens is 1. The van der Waals surface area contributed by atoms with E-state index in [4.69, 9.17) is 10.5 Å². The molecule has 2 unspecified atom stereocenters. The first-order chi connectivity index (χ1) is 7.15. The number of pyridine rings is 1. The molecule has 4 heteroatoms. The second-order valence-electron chi connectivity index (χ2n) is 3.51. The van der Waals surface area contributed by atoms with E-state index in [1.165, 1.54) is 0 Å². The Kier molecular flexibility index (Phi) is 4.52. The second kappa shape index (κ2) is 5.68. The zero-order chi connectivity index (χ0) is 11.3. The maximum atomic E-state index is 9.82. The molecule has 0 fully saturated rings. The van der Waals surface area contributed by atoms with E-state index in [9.17, 15) is 5.11 Å². The number of hydrogen-bond acceptors (Lipinski definition) is 4. The molecule has 0 radical (unpaired) electrons. The highest BCUT2D eigenvalue weighted by Gasteiger charge is 2.15. The van der Waals surface area contributed by atoms with Crippen molar-refractivity contribution in [3.05, 3.63) is 24.0 Å². The summed E-state index contributed by atoms with van der Waals surface area (Å²) in [5.41, 5.74) is 7.27. The van der Waals surface area contributed by atoms with Gasteiger partial charge in [0.05, 0.1) is 12.2 Å². The molecule has 0 saturated carbocycles. The van der Waals surface area contributed by atoms with Gasteiger partial charge >= 0.3 is 0 Å². The van der Waals surface area contributed by atoms with Gasteiger partial charge in [-0.1, -0.05) is 0 Å². The molecule has 0 aromatic carbocycles. The number of anilines is 1. The highest BCUT2D eigenvalue weighted by Crippen LogP contribution is 2.13. The van der Waals surface area contributed by atoms with Crippen LogP contribution < -0.4 is 5.73 Å². The van der Waals surface area contributed by atoms with Gasteiger partial charge in [0.25, 0.3) is 0 Å². The summed E-state index contributed by atoms with van der Waals surface area (Å²) in [5.74, 6) is 0. The summed E-state index contributed by atoms with van der Waals surface area (Å²) in [6, 6.07) is 1.73. The molecule has 3 N–H and O–H groups in total. The monoisotopic (exact) mass is 210 g/mol. The fourth-order valence-electron chi connectivity index (χ4n) is 1.37. The minimum absolute atomic E-state index is 0.186. The predicted octanol–water partition coefficient (Wildman–Crippen LogP) is 0.992. The zero-order valence-electron chi connectivity index (χ0n) is 9.18. The van der Waals surface area contributed by atoms with Crippen LogP contribution in [0.1, 0.15) is 19.4 Å². The Labute approximate surface area is 90.1 Å². The van der Waals surface area contributed by atoms with E-state index in [-0.39, 0.29) is 6.10 Å². The Bertz CT molecular complexity index is 304. The summed E-state index contributed by atoms with van der Waals surface area (Å²) in [6.45, 7) is 4.35. The number of rotatable bonds is 5. The van der Waals surface area contributed by atoms with Crippen LogP contribution >= 0.6 is 0 Å². The first-order valence-electron chi connectivity index (χ1n) is 5.13. The van der Waals surface area contributed by atoms with Gasteiger partial charge in [0.2, 0.25) is 0 Å². The van der Waals surface area contributed by atoms with Gasteiger partial charge in [-0.05, 0) is 25.5 Å². The maximum absolute atomic E-state index is 9.82. The Morgan fingerprint density at radius 2 is 2.33 bits per heavy atom. The Morgan fingerprint density at radius 3 is 2.93 bits per heavy atom. The van der Waals surface area contributed by atoms with E-state index in [0.29, 0.717) is 18.7 Å². The molecule has 0 aliphatic carbocycles. The average Bonchev–Trinajstić information content (AvgIpc) is 2.21. The second-order valence-corrected chi connectivity index (χ2v) is 3.51. The molecule has 1 heterocycles. The van der Waals surface area contributed by atoms with Gasteiger partial charge < -0.3 is 15.6 Å². The molecule has 84 valence electrons.